The molecule has 3 N–H and O–H groups in total. The van der Waals surface area contributed by atoms with Gasteiger partial charge in [0.25, 0.3) is 5.91 Å². The molecule has 0 radical (unpaired) electrons. The van der Waals surface area contributed by atoms with Gasteiger partial charge in [-0.2, -0.15) is 23.4 Å². The van der Waals surface area contributed by atoms with E-state index >= 15 is 0 Å². The summed E-state index contributed by atoms with van der Waals surface area (Å²) in [5.74, 6) is -0.238. The number of piperidine rings is 1. The number of aromatic nitrogens is 5. The molecule has 0 aromatic carbocycles. The van der Waals surface area contributed by atoms with E-state index in [4.69, 9.17) is 4.74 Å². The van der Waals surface area contributed by atoms with Crippen molar-refractivity contribution < 1.29 is 37.0 Å². The van der Waals surface area contributed by atoms with Crippen molar-refractivity contribution in [2.75, 3.05) is 29.9 Å². The van der Waals surface area contributed by atoms with Gasteiger partial charge >= 0.3 is 12.3 Å². The average Bonchev–Trinajstić information content (AvgIpc) is 3.56. The molecule has 1 saturated carbocycles. The zero-order valence-corrected chi connectivity index (χ0v) is 25.3. The highest BCUT2D eigenvalue weighted by Crippen LogP contribution is 2.38. The maximum Gasteiger partial charge on any atom is 0.437 e. The van der Waals surface area contributed by atoms with Crippen LogP contribution in [0.4, 0.5) is 33.9 Å². The molecule has 1 aliphatic carbocycles. The molecule has 1 aliphatic heterocycles. The molecule has 2 amide bonds. The molecule has 1 saturated heterocycles. The monoisotopic (exact) mass is 638 g/mol. The molecule has 0 bridgehead atoms. The molecule has 246 valence electrons. The van der Waals surface area contributed by atoms with Crippen molar-refractivity contribution >= 4 is 29.2 Å². The van der Waals surface area contributed by atoms with E-state index in [2.05, 4.69) is 25.8 Å². The van der Waals surface area contributed by atoms with Crippen molar-refractivity contribution in [1.82, 2.24) is 29.7 Å². The Labute approximate surface area is 257 Å². The van der Waals surface area contributed by atoms with Gasteiger partial charge in [0, 0.05) is 32.0 Å². The van der Waals surface area contributed by atoms with Crippen LogP contribution in [0.2, 0.25) is 0 Å². The number of anilines is 2. The number of hydrogen-bond acceptors (Lipinski definition) is 8. The Kier molecular flexibility index (Phi) is 9.23. The molecule has 45 heavy (non-hydrogen) atoms. The van der Waals surface area contributed by atoms with Crippen LogP contribution in [0.1, 0.15) is 81.4 Å². The SMILES string of the molecule is CC(C)(C)OC(=O)N[C@@H]1C[C@@H](F)CN(c2ccn3ncc(C(=O)Nc4cn(C5CCC(CCO)CC5)nc4C(F)(F)F)c3n2)C1. The third kappa shape index (κ3) is 7.83. The van der Waals surface area contributed by atoms with Crippen molar-refractivity contribution in [1.29, 1.82) is 0 Å². The summed E-state index contributed by atoms with van der Waals surface area (Å²) in [6, 6.07) is 0.743. The van der Waals surface area contributed by atoms with Crippen LogP contribution in [-0.4, -0.2) is 79.0 Å². The first-order valence-corrected chi connectivity index (χ1v) is 15.0. The predicted molar refractivity (Wildman–Crippen MR) is 156 cm³/mol. The van der Waals surface area contributed by atoms with E-state index < -0.39 is 47.4 Å². The van der Waals surface area contributed by atoms with Crippen LogP contribution < -0.4 is 15.5 Å². The number of aliphatic hydroxyl groups is 1. The van der Waals surface area contributed by atoms with Gasteiger partial charge in [-0.15, -0.1) is 0 Å². The minimum Gasteiger partial charge on any atom is -0.444 e. The van der Waals surface area contributed by atoms with E-state index in [0.29, 0.717) is 31.0 Å². The van der Waals surface area contributed by atoms with E-state index in [9.17, 15) is 32.3 Å². The number of halogens is 4. The van der Waals surface area contributed by atoms with Gasteiger partial charge < -0.3 is 25.4 Å². The largest absolute Gasteiger partial charge is 0.444 e. The molecule has 12 nitrogen and oxygen atoms in total. The van der Waals surface area contributed by atoms with Crippen molar-refractivity contribution in [3.8, 4) is 0 Å². The number of carbonyl (C=O) groups excluding carboxylic acids is 2. The van der Waals surface area contributed by atoms with E-state index in [1.807, 2.05) is 0 Å². The summed E-state index contributed by atoms with van der Waals surface area (Å²) in [6.45, 7) is 5.44. The highest BCUT2D eigenvalue weighted by molar-refractivity contribution is 6.08. The van der Waals surface area contributed by atoms with Gasteiger partial charge in [0.2, 0.25) is 0 Å². The van der Waals surface area contributed by atoms with E-state index in [1.54, 1.807) is 31.7 Å². The second-order valence-electron chi connectivity index (χ2n) is 12.7. The number of alkyl carbamates (subject to hydrolysis) is 1. The number of rotatable bonds is 7. The lowest BCUT2D eigenvalue weighted by atomic mass is 9.84. The van der Waals surface area contributed by atoms with E-state index in [1.165, 1.54) is 27.8 Å². The van der Waals surface area contributed by atoms with E-state index in [-0.39, 0.29) is 43.4 Å². The van der Waals surface area contributed by atoms with E-state index in [0.717, 1.165) is 12.8 Å². The lowest BCUT2D eigenvalue weighted by Crippen LogP contribution is -2.52. The first kappa shape index (κ1) is 32.4. The molecule has 0 unspecified atom stereocenters. The number of alkyl halides is 4. The van der Waals surface area contributed by atoms with Crippen LogP contribution >= 0.6 is 0 Å². The Morgan fingerprint density at radius 3 is 2.53 bits per heavy atom. The first-order valence-electron chi connectivity index (χ1n) is 15.0. The van der Waals surface area contributed by atoms with Crippen molar-refractivity contribution in [3.05, 3.63) is 35.9 Å². The van der Waals surface area contributed by atoms with Gasteiger partial charge in [-0.25, -0.2) is 18.7 Å². The summed E-state index contributed by atoms with van der Waals surface area (Å²) >= 11 is 0. The van der Waals surface area contributed by atoms with Crippen LogP contribution in [0.3, 0.4) is 0 Å². The van der Waals surface area contributed by atoms with Gasteiger partial charge in [-0.05, 0) is 64.9 Å². The Morgan fingerprint density at radius 2 is 1.87 bits per heavy atom. The summed E-state index contributed by atoms with van der Waals surface area (Å²) in [4.78, 5) is 31.7. The van der Waals surface area contributed by atoms with Crippen LogP contribution in [0.5, 0.6) is 0 Å². The zero-order chi connectivity index (χ0) is 32.5. The fourth-order valence-corrected chi connectivity index (χ4v) is 5.95. The maximum atomic E-state index is 14.7. The third-order valence-corrected chi connectivity index (χ3v) is 8.02. The Balaban J connectivity index is 1.34. The fraction of sp³-hybridized carbons (Fsp3) is 0.621. The van der Waals surface area contributed by atoms with Gasteiger partial charge in [0.1, 0.15) is 23.2 Å². The molecule has 5 rings (SSSR count). The number of nitrogens with zero attached hydrogens (tertiary/aromatic N) is 6. The summed E-state index contributed by atoms with van der Waals surface area (Å²) in [5, 5.41) is 22.1. The Hall–Kier alpha value is -3.95. The molecule has 4 heterocycles. The highest BCUT2D eigenvalue weighted by Gasteiger charge is 2.39. The molecule has 3 aromatic rings. The van der Waals surface area contributed by atoms with Crippen LogP contribution in [-0.2, 0) is 10.9 Å². The fourth-order valence-electron chi connectivity index (χ4n) is 5.95. The number of ether oxygens (including phenoxy) is 1. The summed E-state index contributed by atoms with van der Waals surface area (Å²) in [6.07, 6.45) is 0.646. The predicted octanol–water partition coefficient (Wildman–Crippen LogP) is 4.75. The van der Waals surface area contributed by atoms with Crippen molar-refractivity contribution in [3.63, 3.8) is 0 Å². The number of fused-ring (bicyclic) bond motifs is 1. The lowest BCUT2D eigenvalue weighted by molar-refractivity contribution is -0.141. The number of aliphatic hydroxyl groups excluding tert-OH is 1. The minimum atomic E-state index is -4.81. The van der Waals surface area contributed by atoms with Gasteiger partial charge in [0.05, 0.1) is 30.5 Å². The van der Waals surface area contributed by atoms with Gasteiger partial charge in [-0.3, -0.25) is 9.48 Å². The highest BCUT2D eigenvalue weighted by atomic mass is 19.4. The van der Waals surface area contributed by atoms with Crippen LogP contribution in [0.15, 0.2) is 24.7 Å². The standard InChI is InChI=1S/C29H38F4N8O4/c1-28(2,3)45-27(44)35-19-12-18(30)14-39(15-19)23-8-10-40-25(37-23)21(13-34-40)26(43)36-22-16-41(38-24(22)29(31,32)33)20-6-4-17(5-7-20)9-11-42/h8,10,13,16-20,42H,4-7,9,11-12,14-15H2,1-3H3,(H,35,44)(H,36,43)/t17?,18-,19-,20?/m1/s1. The van der Waals surface area contributed by atoms with Crippen molar-refractivity contribution in [2.45, 2.75) is 89.3 Å². The minimum absolute atomic E-state index is 0.0125. The number of carbonyl (C=O) groups is 2. The third-order valence-electron chi connectivity index (χ3n) is 8.02. The molecular formula is C29H38F4N8O4. The number of hydrogen-bond donors (Lipinski definition) is 3. The van der Waals surface area contributed by atoms with Gasteiger partial charge in [0.15, 0.2) is 11.3 Å². The smallest absolute Gasteiger partial charge is 0.437 e. The molecule has 0 spiro atoms. The Morgan fingerprint density at radius 1 is 1.13 bits per heavy atom. The number of nitrogens with one attached hydrogen (secondary N) is 2. The summed E-state index contributed by atoms with van der Waals surface area (Å²) < 4.78 is 64.5. The summed E-state index contributed by atoms with van der Waals surface area (Å²) in [7, 11) is 0. The zero-order valence-electron chi connectivity index (χ0n) is 25.3. The molecule has 3 aromatic heterocycles. The average molecular weight is 639 g/mol. The quantitative estimate of drug-likeness (QED) is 0.315. The number of amides is 2. The molecule has 16 heteroatoms. The lowest BCUT2D eigenvalue weighted by Gasteiger charge is -2.36. The second-order valence-corrected chi connectivity index (χ2v) is 12.7. The topological polar surface area (TPSA) is 139 Å². The van der Waals surface area contributed by atoms with Crippen molar-refractivity contribution in [2.24, 2.45) is 5.92 Å². The van der Waals surface area contributed by atoms with Gasteiger partial charge in [-0.1, -0.05) is 0 Å². The first-order chi connectivity index (χ1) is 21.2. The normalized spacial score (nSPS) is 22.8. The second kappa shape index (κ2) is 12.8. The van der Waals surface area contributed by atoms with Crippen LogP contribution in [0.25, 0.3) is 5.65 Å². The van der Waals surface area contributed by atoms with Crippen LogP contribution in [0, 0.1) is 5.92 Å². The Bertz CT molecular complexity index is 1510. The maximum absolute atomic E-state index is 14.7. The molecule has 2 atom stereocenters. The summed E-state index contributed by atoms with van der Waals surface area (Å²) in [5.41, 5.74) is -2.43. The molecular weight excluding hydrogens is 600 g/mol. The molecule has 2 fully saturated rings. The molecule has 2 aliphatic rings.